The molecule has 0 radical (unpaired) electrons. The molecule has 0 unspecified atom stereocenters. The second-order valence-corrected chi connectivity index (χ2v) is 7.71. The van der Waals surface area contributed by atoms with Gasteiger partial charge in [0.25, 0.3) is 5.78 Å². The molecule has 0 aliphatic carbocycles. The smallest absolute Gasteiger partial charge is 0.301 e. The van der Waals surface area contributed by atoms with Crippen molar-refractivity contribution >= 4 is 45.5 Å². The number of anilines is 1. The molecule has 1 atom stereocenters. The second-order valence-electron chi connectivity index (χ2n) is 6.40. The minimum Gasteiger partial charge on any atom is -0.507 e. The molecule has 5 nitrogen and oxygen atoms in total. The van der Waals surface area contributed by atoms with Crippen LogP contribution in [-0.2, 0) is 9.59 Å². The standard InChI is InChI=1S/C21H15ClN2O3S/c1-12-5-7-13(8-6-12)18(25)16-17(14-3-2-4-15(22)11-14)24(20(27)19(16)26)21-23-9-10-28-21/h2-11,17,25H,1H3/b18-16+/t17-/m0/s1. The monoisotopic (exact) mass is 410 g/mol. The second kappa shape index (κ2) is 7.22. The van der Waals surface area contributed by atoms with E-state index in [-0.39, 0.29) is 11.3 Å². The minimum absolute atomic E-state index is 0.0197. The third kappa shape index (κ3) is 3.10. The number of hydrogen-bond donors (Lipinski definition) is 1. The number of aliphatic hydroxyl groups is 1. The summed E-state index contributed by atoms with van der Waals surface area (Å²) in [5, 5.41) is 13.5. The number of hydrogen-bond acceptors (Lipinski definition) is 5. The van der Waals surface area contributed by atoms with Gasteiger partial charge in [-0.05, 0) is 24.6 Å². The number of rotatable bonds is 3. The highest BCUT2D eigenvalue weighted by atomic mass is 35.5. The molecule has 28 heavy (non-hydrogen) atoms. The number of Topliss-reactive ketones (excluding diaryl/α,β-unsaturated/α-hetero) is 1. The number of nitrogens with zero attached hydrogens (tertiary/aromatic N) is 2. The van der Waals surface area contributed by atoms with E-state index in [9.17, 15) is 14.7 Å². The van der Waals surface area contributed by atoms with Crippen molar-refractivity contribution in [3.05, 3.63) is 87.4 Å². The first-order valence-corrected chi connectivity index (χ1v) is 9.76. The van der Waals surface area contributed by atoms with Gasteiger partial charge in [-0.3, -0.25) is 14.5 Å². The first kappa shape index (κ1) is 18.4. The summed E-state index contributed by atoms with van der Waals surface area (Å²) in [5.41, 5.74) is 2.13. The van der Waals surface area contributed by atoms with Gasteiger partial charge in [0.05, 0.1) is 11.6 Å². The summed E-state index contributed by atoms with van der Waals surface area (Å²) in [5.74, 6) is -1.70. The maximum absolute atomic E-state index is 12.9. The Kier molecular flexibility index (Phi) is 4.75. The maximum atomic E-state index is 12.9. The largest absolute Gasteiger partial charge is 0.507 e. The van der Waals surface area contributed by atoms with Crippen LogP contribution in [0.4, 0.5) is 5.13 Å². The highest BCUT2D eigenvalue weighted by molar-refractivity contribution is 7.14. The fourth-order valence-electron chi connectivity index (χ4n) is 3.22. The topological polar surface area (TPSA) is 70.5 Å². The predicted molar refractivity (Wildman–Crippen MR) is 110 cm³/mol. The van der Waals surface area contributed by atoms with E-state index >= 15 is 0 Å². The first-order valence-electron chi connectivity index (χ1n) is 8.50. The first-order chi connectivity index (χ1) is 13.5. The number of halogens is 1. The molecule has 1 N–H and O–H groups in total. The molecular formula is C21H15ClN2O3S. The zero-order valence-electron chi connectivity index (χ0n) is 14.8. The SMILES string of the molecule is Cc1ccc(/C(O)=C2\C(=O)C(=O)N(c3nccs3)[C@H]2c2cccc(Cl)c2)cc1. The number of benzene rings is 2. The number of amides is 1. The molecule has 1 saturated heterocycles. The van der Waals surface area contributed by atoms with Gasteiger partial charge < -0.3 is 5.11 Å². The Labute approximate surface area is 170 Å². The van der Waals surface area contributed by atoms with Crippen molar-refractivity contribution < 1.29 is 14.7 Å². The molecule has 2 heterocycles. The summed E-state index contributed by atoms with van der Waals surface area (Å²) >= 11 is 7.40. The third-order valence-electron chi connectivity index (χ3n) is 4.56. The Hall–Kier alpha value is -2.96. The molecule has 7 heteroatoms. The Balaban J connectivity index is 1.95. The maximum Gasteiger partial charge on any atom is 0.301 e. The van der Waals surface area contributed by atoms with Crippen LogP contribution in [0.2, 0.25) is 5.02 Å². The van der Waals surface area contributed by atoms with Crippen molar-refractivity contribution in [2.75, 3.05) is 4.90 Å². The van der Waals surface area contributed by atoms with Crippen molar-refractivity contribution in [1.29, 1.82) is 0 Å². The number of thiazole rings is 1. The highest BCUT2D eigenvalue weighted by Gasteiger charge is 2.47. The number of carbonyl (C=O) groups excluding carboxylic acids is 2. The van der Waals surface area contributed by atoms with Gasteiger partial charge >= 0.3 is 5.91 Å². The van der Waals surface area contributed by atoms with Gasteiger partial charge in [-0.2, -0.15) is 0 Å². The van der Waals surface area contributed by atoms with Gasteiger partial charge in [-0.15, -0.1) is 11.3 Å². The average molecular weight is 411 g/mol. The molecule has 2 aromatic carbocycles. The van der Waals surface area contributed by atoms with Gasteiger partial charge in [0, 0.05) is 22.2 Å². The van der Waals surface area contributed by atoms with E-state index in [1.807, 2.05) is 19.1 Å². The van der Waals surface area contributed by atoms with Gasteiger partial charge in [0.2, 0.25) is 0 Å². The molecule has 1 aromatic heterocycles. The Morgan fingerprint density at radius 2 is 1.93 bits per heavy atom. The molecule has 0 bridgehead atoms. The Morgan fingerprint density at radius 1 is 1.18 bits per heavy atom. The summed E-state index contributed by atoms with van der Waals surface area (Å²) in [7, 11) is 0. The Bertz CT molecular complexity index is 1090. The number of aryl methyl sites for hydroxylation is 1. The van der Waals surface area contributed by atoms with Crippen molar-refractivity contribution in [3.8, 4) is 0 Å². The lowest BCUT2D eigenvalue weighted by Gasteiger charge is -2.23. The fraction of sp³-hybridized carbons (Fsp3) is 0.0952. The van der Waals surface area contributed by atoms with Crippen LogP contribution in [0.3, 0.4) is 0 Å². The zero-order valence-corrected chi connectivity index (χ0v) is 16.4. The van der Waals surface area contributed by atoms with E-state index in [0.29, 0.717) is 21.3 Å². The van der Waals surface area contributed by atoms with Crippen LogP contribution in [0.25, 0.3) is 5.76 Å². The van der Waals surface area contributed by atoms with Crippen LogP contribution in [-0.4, -0.2) is 21.8 Å². The molecule has 0 spiro atoms. The van der Waals surface area contributed by atoms with E-state index in [1.165, 1.54) is 16.2 Å². The quantitative estimate of drug-likeness (QED) is 0.385. The van der Waals surface area contributed by atoms with Gasteiger partial charge in [-0.1, -0.05) is 53.6 Å². The summed E-state index contributed by atoms with van der Waals surface area (Å²) in [6.45, 7) is 1.93. The molecule has 1 aliphatic heterocycles. The van der Waals surface area contributed by atoms with Gasteiger partial charge in [0.15, 0.2) is 5.13 Å². The lowest BCUT2D eigenvalue weighted by Crippen LogP contribution is -2.29. The third-order valence-corrected chi connectivity index (χ3v) is 5.57. The summed E-state index contributed by atoms with van der Waals surface area (Å²) in [6, 6.07) is 13.2. The number of aliphatic hydroxyl groups excluding tert-OH is 1. The van der Waals surface area contributed by atoms with Gasteiger partial charge in [-0.25, -0.2) is 4.98 Å². The molecule has 140 valence electrons. The Morgan fingerprint density at radius 3 is 2.57 bits per heavy atom. The molecule has 1 fully saturated rings. The van der Waals surface area contributed by atoms with Crippen LogP contribution in [0.5, 0.6) is 0 Å². The lowest BCUT2D eigenvalue weighted by atomic mass is 9.95. The van der Waals surface area contributed by atoms with Gasteiger partial charge in [0.1, 0.15) is 5.76 Å². The van der Waals surface area contributed by atoms with E-state index in [1.54, 1.807) is 48.0 Å². The van der Waals surface area contributed by atoms with Crippen molar-refractivity contribution in [2.24, 2.45) is 0 Å². The molecule has 4 rings (SSSR count). The average Bonchev–Trinajstić information content (AvgIpc) is 3.29. The van der Waals surface area contributed by atoms with Crippen LogP contribution in [0, 0.1) is 6.92 Å². The van der Waals surface area contributed by atoms with E-state index < -0.39 is 17.7 Å². The molecule has 0 saturated carbocycles. The van der Waals surface area contributed by atoms with E-state index in [2.05, 4.69) is 4.98 Å². The summed E-state index contributed by atoms with van der Waals surface area (Å²) in [6.07, 6.45) is 1.56. The number of aromatic nitrogens is 1. The minimum atomic E-state index is -0.814. The summed E-state index contributed by atoms with van der Waals surface area (Å²) in [4.78, 5) is 31.2. The number of ketones is 1. The molecule has 3 aromatic rings. The van der Waals surface area contributed by atoms with Crippen molar-refractivity contribution in [3.63, 3.8) is 0 Å². The van der Waals surface area contributed by atoms with E-state index in [0.717, 1.165) is 5.56 Å². The van der Waals surface area contributed by atoms with Crippen LogP contribution in [0.15, 0.2) is 65.7 Å². The normalized spacial score (nSPS) is 18.6. The van der Waals surface area contributed by atoms with Crippen LogP contribution < -0.4 is 4.90 Å². The predicted octanol–water partition coefficient (Wildman–Crippen LogP) is 4.73. The molecule has 1 aliphatic rings. The zero-order chi connectivity index (χ0) is 19.8. The van der Waals surface area contributed by atoms with E-state index in [4.69, 9.17) is 11.6 Å². The lowest BCUT2D eigenvalue weighted by molar-refractivity contribution is -0.132. The van der Waals surface area contributed by atoms with Crippen LogP contribution in [0.1, 0.15) is 22.7 Å². The molecule has 1 amide bonds. The van der Waals surface area contributed by atoms with Crippen molar-refractivity contribution in [2.45, 2.75) is 13.0 Å². The fourth-order valence-corrected chi connectivity index (χ4v) is 4.09. The highest BCUT2D eigenvalue weighted by Crippen LogP contribution is 2.43. The summed E-state index contributed by atoms with van der Waals surface area (Å²) < 4.78 is 0. The molecular weight excluding hydrogens is 396 g/mol. The number of carbonyl (C=O) groups is 2. The van der Waals surface area contributed by atoms with Crippen LogP contribution >= 0.6 is 22.9 Å². The van der Waals surface area contributed by atoms with Crippen molar-refractivity contribution in [1.82, 2.24) is 4.98 Å².